The number of amides is 1. The van der Waals surface area contributed by atoms with E-state index in [4.69, 9.17) is 0 Å². The number of sulfonamides is 1. The van der Waals surface area contributed by atoms with Crippen LogP contribution in [-0.2, 0) is 21.9 Å². The maximum atomic E-state index is 12.0. The standard InChI is InChI=1S/C13H22N4O4S/c1-17-8-10(7-14-17)13(9-5-11(18)6-9)16-12(19)3-4-15-22(2,20)21/h7-9,11,13,15,18H,3-6H2,1-2H3,(H,16,19)/t9?,11?,13-/m1/s1. The lowest BCUT2D eigenvalue weighted by Gasteiger charge is -2.37. The minimum Gasteiger partial charge on any atom is -0.393 e. The maximum absolute atomic E-state index is 12.0. The zero-order chi connectivity index (χ0) is 16.3. The number of aliphatic hydroxyl groups excluding tert-OH is 1. The Bertz CT molecular complexity index is 622. The van der Waals surface area contributed by atoms with Gasteiger partial charge in [-0.2, -0.15) is 5.10 Å². The van der Waals surface area contributed by atoms with E-state index in [0.717, 1.165) is 11.8 Å². The highest BCUT2D eigenvalue weighted by atomic mass is 32.2. The van der Waals surface area contributed by atoms with E-state index < -0.39 is 10.0 Å². The van der Waals surface area contributed by atoms with E-state index in [2.05, 4.69) is 15.1 Å². The van der Waals surface area contributed by atoms with Gasteiger partial charge < -0.3 is 10.4 Å². The van der Waals surface area contributed by atoms with Gasteiger partial charge in [-0.3, -0.25) is 9.48 Å². The van der Waals surface area contributed by atoms with Crippen molar-refractivity contribution < 1.29 is 18.3 Å². The molecular weight excluding hydrogens is 308 g/mol. The Morgan fingerprint density at radius 1 is 1.55 bits per heavy atom. The van der Waals surface area contributed by atoms with Gasteiger partial charge in [-0.1, -0.05) is 0 Å². The fourth-order valence-electron chi connectivity index (χ4n) is 2.57. The van der Waals surface area contributed by atoms with Crippen molar-refractivity contribution >= 4 is 15.9 Å². The van der Waals surface area contributed by atoms with Gasteiger partial charge in [0, 0.05) is 31.8 Å². The monoisotopic (exact) mass is 330 g/mol. The average molecular weight is 330 g/mol. The fourth-order valence-corrected chi connectivity index (χ4v) is 3.04. The van der Waals surface area contributed by atoms with Crippen molar-refractivity contribution in [2.45, 2.75) is 31.4 Å². The van der Waals surface area contributed by atoms with Gasteiger partial charge in [0.1, 0.15) is 0 Å². The first-order valence-corrected chi connectivity index (χ1v) is 9.04. The summed E-state index contributed by atoms with van der Waals surface area (Å²) in [7, 11) is -1.49. The van der Waals surface area contributed by atoms with E-state index in [-0.39, 0.29) is 36.9 Å². The van der Waals surface area contributed by atoms with Gasteiger partial charge in [-0.05, 0) is 18.8 Å². The molecule has 1 aliphatic rings. The number of aromatic nitrogens is 2. The lowest BCUT2D eigenvalue weighted by molar-refractivity contribution is -0.122. The summed E-state index contributed by atoms with van der Waals surface area (Å²) < 4.78 is 25.9. The predicted molar refractivity (Wildman–Crippen MR) is 80.3 cm³/mol. The highest BCUT2D eigenvalue weighted by molar-refractivity contribution is 7.88. The topological polar surface area (TPSA) is 113 Å². The van der Waals surface area contributed by atoms with Crippen LogP contribution in [0.2, 0.25) is 0 Å². The lowest BCUT2D eigenvalue weighted by atomic mass is 9.75. The molecule has 0 aromatic carbocycles. The molecule has 2 rings (SSSR count). The van der Waals surface area contributed by atoms with Crippen LogP contribution < -0.4 is 10.0 Å². The Labute approximate surface area is 129 Å². The van der Waals surface area contributed by atoms with Gasteiger partial charge in [-0.15, -0.1) is 0 Å². The number of aryl methyl sites for hydroxylation is 1. The third-order valence-electron chi connectivity index (χ3n) is 3.74. The number of carbonyl (C=O) groups is 1. The molecule has 1 atom stereocenters. The number of aliphatic hydroxyl groups is 1. The molecule has 124 valence electrons. The lowest BCUT2D eigenvalue weighted by Crippen LogP contribution is -2.42. The minimum absolute atomic E-state index is 0.0672. The zero-order valence-corrected chi connectivity index (χ0v) is 13.5. The average Bonchev–Trinajstić information content (AvgIpc) is 2.77. The van der Waals surface area contributed by atoms with E-state index in [0.29, 0.717) is 12.8 Å². The first kappa shape index (κ1) is 16.9. The zero-order valence-electron chi connectivity index (χ0n) is 12.7. The van der Waals surface area contributed by atoms with E-state index in [1.54, 1.807) is 17.9 Å². The first-order valence-electron chi connectivity index (χ1n) is 7.15. The third kappa shape index (κ3) is 4.79. The van der Waals surface area contributed by atoms with E-state index in [1.807, 2.05) is 6.20 Å². The molecule has 9 heteroatoms. The second kappa shape index (κ2) is 6.76. The number of hydrogen-bond donors (Lipinski definition) is 3. The van der Waals surface area contributed by atoms with Crippen molar-refractivity contribution in [3.8, 4) is 0 Å². The predicted octanol–water partition coefficient (Wildman–Crippen LogP) is -0.712. The molecule has 8 nitrogen and oxygen atoms in total. The van der Waals surface area contributed by atoms with Crippen LogP contribution in [0, 0.1) is 5.92 Å². The van der Waals surface area contributed by atoms with E-state index in [9.17, 15) is 18.3 Å². The van der Waals surface area contributed by atoms with Crippen molar-refractivity contribution in [2.75, 3.05) is 12.8 Å². The summed E-state index contributed by atoms with van der Waals surface area (Å²) in [5.74, 6) is -0.0580. The summed E-state index contributed by atoms with van der Waals surface area (Å²) in [6.45, 7) is 0.0672. The van der Waals surface area contributed by atoms with Gasteiger partial charge in [0.25, 0.3) is 0 Å². The van der Waals surface area contributed by atoms with Crippen molar-refractivity contribution in [3.63, 3.8) is 0 Å². The molecule has 1 aromatic heterocycles. The normalized spacial score (nSPS) is 22.9. The van der Waals surface area contributed by atoms with Crippen LogP contribution in [0.15, 0.2) is 12.4 Å². The van der Waals surface area contributed by atoms with Gasteiger partial charge in [-0.25, -0.2) is 13.1 Å². The quantitative estimate of drug-likeness (QED) is 0.611. The SMILES string of the molecule is Cn1cc([C@H](NC(=O)CCNS(C)(=O)=O)C2CC(O)C2)cn1. The number of nitrogens with one attached hydrogen (secondary N) is 2. The fraction of sp³-hybridized carbons (Fsp3) is 0.692. The van der Waals surface area contributed by atoms with Gasteiger partial charge in [0.2, 0.25) is 15.9 Å². The molecule has 1 aliphatic carbocycles. The Morgan fingerprint density at radius 3 is 2.73 bits per heavy atom. The van der Waals surface area contributed by atoms with Crippen molar-refractivity contribution in [1.29, 1.82) is 0 Å². The van der Waals surface area contributed by atoms with Gasteiger partial charge >= 0.3 is 0 Å². The smallest absolute Gasteiger partial charge is 0.221 e. The molecule has 1 amide bonds. The van der Waals surface area contributed by atoms with E-state index >= 15 is 0 Å². The van der Waals surface area contributed by atoms with Crippen LogP contribution in [0.5, 0.6) is 0 Å². The molecule has 3 N–H and O–H groups in total. The van der Waals surface area contributed by atoms with Gasteiger partial charge in [0.05, 0.1) is 24.6 Å². The van der Waals surface area contributed by atoms with E-state index in [1.165, 1.54) is 0 Å². The first-order chi connectivity index (χ1) is 10.2. The second-order valence-corrected chi connectivity index (χ2v) is 7.63. The largest absolute Gasteiger partial charge is 0.393 e. The van der Waals surface area contributed by atoms with Crippen LogP contribution in [-0.4, -0.2) is 48.1 Å². The number of nitrogens with zero attached hydrogens (tertiary/aromatic N) is 2. The minimum atomic E-state index is -3.29. The van der Waals surface area contributed by atoms with Crippen LogP contribution in [0.4, 0.5) is 0 Å². The van der Waals surface area contributed by atoms with Crippen molar-refractivity contribution in [2.24, 2.45) is 13.0 Å². The second-order valence-electron chi connectivity index (χ2n) is 5.79. The Morgan fingerprint density at radius 2 is 2.23 bits per heavy atom. The Balaban J connectivity index is 1.93. The highest BCUT2D eigenvalue weighted by Crippen LogP contribution is 2.37. The number of carbonyl (C=O) groups excluding carboxylic acids is 1. The molecule has 0 unspecified atom stereocenters. The summed E-state index contributed by atoms with van der Waals surface area (Å²) in [4.78, 5) is 12.0. The summed E-state index contributed by atoms with van der Waals surface area (Å²) in [6, 6.07) is -0.206. The summed E-state index contributed by atoms with van der Waals surface area (Å²) in [5.41, 5.74) is 0.892. The van der Waals surface area contributed by atoms with Crippen molar-refractivity contribution in [1.82, 2.24) is 19.8 Å². The number of rotatable bonds is 7. The van der Waals surface area contributed by atoms with Crippen LogP contribution in [0.3, 0.4) is 0 Å². The maximum Gasteiger partial charge on any atom is 0.221 e. The molecule has 1 aromatic rings. The van der Waals surface area contributed by atoms with Gasteiger partial charge in [0.15, 0.2) is 0 Å². The molecule has 1 fully saturated rings. The molecule has 0 radical (unpaired) electrons. The molecule has 1 heterocycles. The molecule has 0 bridgehead atoms. The summed E-state index contributed by atoms with van der Waals surface area (Å²) in [5, 5.41) is 16.5. The summed E-state index contributed by atoms with van der Waals surface area (Å²) >= 11 is 0. The third-order valence-corrected chi connectivity index (χ3v) is 4.47. The van der Waals surface area contributed by atoms with Crippen LogP contribution in [0.1, 0.15) is 30.9 Å². The molecule has 0 spiro atoms. The van der Waals surface area contributed by atoms with Crippen molar-refractivity contribution in [3.05, 3.63) is 18.0 Å². The van der Waals surface area contributed by atoms with Crippen LogP contribution in [0.25, 0.3) is 0 Å². The molecule has 1 saturated carbocycles. The Hall–Kier alpha value is -1.45. The van der Waals surface area contributed by atoms with Crippen LogP contribution >= 0.6 is 0 Å². The molecule has 0 saturated heterocycles. The summed E-state index contributed by atoms with van der Waals surface area (Å²) in [6.07, 6.45) is 5.63. The molecule has 0 aliphatic heterocycles. The molecule has 22 heavy (non-hydrogen) atoms. The Kier molecular flexibility index (Phi) is 5.20. The molecular formula is C13H22N4O4S. The highest BCUT2D eigenvalue weighted by Gasteiger charge is 2.36. The number of hydrogen-bond acceptors (Lipinski definition) is 5.